The first-order valence-electron chi connectivity index (χ1n) is 3.21. The van der Waals surface area contributed by atoms with Crippen LogP contribution in [-0.2, 0) is 0 Å². The molecule has 0 saturated carbocycles. The highest BCUT2D eigenvalue weighted by atomic mass is 32.3. The fourth-order valence-electron chi connectivity index (χ4n) is 0.531. The van der Waals surface area contributed by atoms with Crippen molar-refractivity contribution in [3.8, 4) is 6.07 Å². The van der Waals surface area contributed by atoms with Gasteiger partial charge in [-0.15, -0.1) is 0 Å². The minimum absolute atomic E-state index is 0.586. The highest BCUT2D eigenvalue weighted by molar-refractivity contribution is 8.29. The van der Waals surface area contributed by atoms with Crippen molar-refractivity contribution in [2.45, 2.75) is 25.0 Å². The third kappa shape index (κ3) is 1.63. The summed E-state index contributed by atoms with van der Waals surface area (Å²) in [5.74, 6) is 0. The molecular weight excluding hydrogens is 149 g/mol. The minimum atomic E-state index is -2.23. The standard InChI is InChI=1S/C7H14FNS/c1-5-7(2,6-9)10(3,4)8/h5H2,1-4H3. The molecule has 0 aromatic carbocycles. The summed E-state index contributed by atoms with van der Waals surface area (Å²) in [6.45, 7) is 3.53. The van der Waals surface area contributed by atoms with Gasteiger partial charge in [0.15, 0.2) is 0 Å². The number of nitriles is 1. The molecule has 0 aliphatic carbocycles. The molecular formula is C7H14FNS. The van der Waals surface area contributed by atoms with Gasteiger partial charge in [0.05, 0.1) is 6.07 Å². The van der Waals surface area contributed by atoms with Gasteiger partial charge in [-0.1, -0.05) is 17.3 Å². The SMILES string of the molecule is CCC(C)(C#N)S(C)(C)F. The van der Waals surface area contributed by atoms with Crippen LogP contribution < -0.4 is 0 Å². The zero-order valence-corrected chi connectivity index (χ0v) is 7.76. The van der Waals surface area contributed by atoms with Crippen LogP contribution in [0.1, 0.15) is 20.3 Å². The molecule has 0 saturated heterocycles. The summed E-state index contributed by atoms with van der Waals surface area (Å²) in [5, 5.41) is 8.65. The number of hydrogen-bond donors (Lipinski definition) is 0. The number of hydrogen-bond acceptors (Lipinski definition) is 1. The Kier molecular flexibility index (Phi) is 2.73. The number of rotatable bonds is 2. The summed E-state index contributed by atoms with van der Waals surface area (Å²) in [4.78, 5) is 0. The van der Waals surface area contributed by atoms with E-state index in [4.69, 9.17) is 5.26 Å². The first-order valence-corrected chi connectivity index (χ1v) is 5.56. The van der Waals surface area contributed by atoms with Crippen molar-refractivity contribution in [2.75, 3.05) is 12.5 Å². The van der Waals surface area contributed by atoms with E-state index < -0.39 is 15.2 Å². The third-order valence-electron chi connectivity index (χ3n) is 1.98. The molecule has 1 unspecified atom stereocenters. The van der Waals surface area contributed by atoms with Crippen LogP contribution in [0.4, 0.5) is 3.89 Å². The second kappa shape index (κ2) is 2.79. The molecule has 0 aromatic rings. The average molecular weight is 163 g/mol. The minimum Gasteiger partial charge on any atom is -0.197 e. The molecule has 0 heterocycles. The van der Waals surface area contributed by atoms with Gasteiger partial charge in [0.25, 0.3) is 0 Å². The van der Waals surface area contributed by atoms with Crippen molar-refractivity contribution in [1.82, 2.24) is 0 Å². The highest BCUT2D eigenvalue weighted by Gasteiger charge is 2.35. The van der Waals surface area contributed by atoms with E-state index in [9.17, 15) is 3.89 Å². The maximum atomic E-state index is 13.3. The van der Waals surface area contributed by atoms with Gasteiger partial charge in [-0.25, -0.2) is 0 Å². The van der Waals surface area contributed by atoms with Crippen LogP contribution in [0.2, 0.25) is 0 Å². The molecule has 60 valence electrons. The fraction of sp³-hybridized carbons (Fsp3) is 0.857. The summed E-state index contributed by atoms with van der Waals surface area (Å²) in [6, 6.07) is 2.03. The fourth-order valence-corrected chi connectivity index (χ4v) is 1.43. The molecule has 3 heteroatoms. The van der Waals surface area contributed by atoms with Crippen molar-refractivity contribution in [3.63, 3.8) is 0 Å². The van der Waals surface area contributed by atoms with Gasteiger partial charge in [0.2, 0.25) is 0 Å². The highest BCUT2D eigenvalue weighted by Crippen LogP contribution is 2.55. The van der Waals surface area contributed by atoms with Gasteiger partial charge >= 0.3 is 0 Å². The lowest BCUT2D eigenvalue weighted by atomic mass is 10.1. The maximum absolute atomic E-state index is 13.3. The van der Waals surface area contributed by atoms with E-state index in [1.165, 1.54) is 12.5 Å². The molecule has 1 nitrogen and oxygen atoms in total. The normalized spacial score (nSPS) is 19.2. The molecule has 0 aromatic heterocycles. The molecule has 0 N–H and O–H groups in total. The summed E-state index contributed by atoms with van der Waals surface area (Å²) in [6.07, 6.45) is 3.64. The third-order valence-corrected chi connectivity index (χ3v) is 4.51. The molecule has 0 radical (unpaired) electrons. The van der Waals surface area contributed by atoms with E-state index in [1.54, 1.807) is 6.92 Å². The van der Waals surface area contributed by atoms with Gasteiger partial charge in [-0.2, -0.15) is 9.15 Å². The molecule has 0 rings (SSSR count). The Bertz CT molecular complexity index is 156. The first-order chi connectivity index (χ1) is 4.37. The Morgan fingerprint density at radius 2 is 2.00 bits per heavy atom. The van der Waals surface area contributed by atoms with Crippen LogP contribution in [0.5, 0.6) is 0 Å². The molecule has 0 amide bonds. The van der Waals surface area contributed by atoms with Crippen molar-refractivity contribution in [3.05, 3.63) is 0 Å². The zero-order valence-electron chi connectivity index (χ0n) is 6.94. The van der Waals surface area contributed by atoms with Gasteiger partial charge in [-0.3, -0.25) is 0 Å². The number of halogens is 1. The predicted octanol–water partition coefficient (Wildman–Crippen LogP) is 2.63. The average Bonchev–Trinajstić information content (AvgIpc) is 1.84. The van der Waals surface area contributed by atoms with E-state index in [0.29, 0.717) is 6.42 Å². The summed E-state index contributed by atoms with van der Waals surface area (Å²) >= 11 is 0. The summed E-state index contributed by atoms with van der Waals surface area (Å²) < 4.78 is 12.5. The maximum Gasteiger partial charge on any atom is 0.109 e. The lowest BCUT2D eigenvalue weighted by molar-refractivity contribution is 0.714. The van der Waals surface area contributed by atoms with Crippen LogP contribution in [0.25, 0.3) is 0 Å². The van der Waals surface area contributed by atoms with Crippen molar-refractivity contribution < 1.29 is 3.89 Å². The zero-order chi connectivity index (χ0) is 8.41. The Hall–Kier alpha value is -0.230. The van der Waals surface area contributed by atoms with Gasteiger partial charge < -0.3 is 0 Å². The van der Waals surface area contributed by atoms with E-state index in [2.05, 4.69) is 0 Å². The molecule has 0 aliphatic rings. The molecule has 0 aliphatic heterocycles. The molecule has 1 atom stereocenters. The van der Waals surface area contributed by atoms with Crippen molar-refractivity contribution in [2.24, 2.45) is 0 Å². The van der Waals surface area contributed by atoms with Crippen molar-refractivity contribution >= 4 is 10.4 Å². The largest absolute Gasteiger partial charge is 0.197 e. The van der Waals surface area contributed by atoms with Gasteiger partial charge in [-0.05, 0) is 25.9 Å². The predicted molar refractivity (Wildman–Crippen MR) is 44.9 cm³/mol. The van der Waals surface area contributed by atoms with Gasteiger partial charge in [0, 0.05) is 0 Å². The van der Waals surface area contributed by atoms with Crippen molar-refractivity contribution in [1.29, 1.82) is 5.26 Å². The van der Waals surface area contributed by atoms with E-state index >= 15 is 0 Å². The van der Waals surface area contributed by atoms with Crippen LogP contribution in [0.15, 0.2) is 0 Å². The summed E-state index contributed by atoms with van der Waals surface area (Å²) in [7, 11) is -2.23. The van der Waals surface area contributed by atoms with Crippen LogP contribution in [-0.4, -0.2) is 17.3 Å². The molecule has 0 spiro atoms. The Balaban J connectivity index is 4.54. The lowest BCUT2D eigenvalue weighted by Crippen LogP contribution is -2.25. The second-order valence-electron chi connectivity index (χ2n) is 2.90. The Labute approximate surface area is 63.8 Å². The topological polar surface area (TPSA) is 23.8 Å². The molecule has 0 bridgehead atoms. The van der Waals surface area contributed by atoms with E-state index in [1.807, 2.05) is 13.0 Å². The Morgan fingerprint density at radius 3 is 2.00 bits per heavy atom. The second-order valence-corrected chi connectivity index (χ2v) is 6.20. The van der Waals surface area contributed by atoms with Crippen LogP contribution in [0, 0.1) is 11.3 Å². The van der Waals surface area contributed by atoms with E-state index in [-0.39, 0.29) is 0 Å². The lowest BCUT2D eigenvalue weighted by Gasteiger charge is -2.35. The molecule has 0 fully saturated rings. The first kappa shape index (κ1) is 9.77. The van der Waals surface area contributed by atoms with E-state index in [0.717, 1.165) is 0 Å². The quantitative estimate of drug-likeness (QED) is 0.614. The Morgan fingerprint density at radius 1 is 1.60 bits per heavy atom. The number of nitrogens with zero attached hydrogens (tertiary/aromatic N) is 1. The van der Waals surface area contributed by atoms with Gasteiger partial charge in [0.1, 0.15) is 4.75 Å². The summed E-state index contributed by atoms with van der Waals surface area (Å²) in [5.41, 5.74) is 0. The molecule has 10 heavy (non-hydrogen) atoms. The monoisotopic (exact) mass is 163 g/mol. The smallest absolute Gasteiger partial charge is 0.109 e. The van der Waals surface area contributed by atoms with Crippen LogP contribution in [0.3, 0.4) is 0 Å². The van der Waals surface area contributed by atoms with Crippen LogP contribution >= 0.6 is 10.4 Å².